The highest BCUT2D eigenvalue weighted by Gasteiger charge is 2.35. The number of ether oxygens (including phenoxy) is 2. The van der Waals surface area contributed by atoms with Gasteiger partial charge in [0.1, 0.15) is 0 Å². The van der Waals surface area contributed by atoms with Crippen molar-refractivity contribution < 1.29 is 32.0 Å². The van der Waals surface area contributed by atoms with Crippen LogP contribution < -0.4 is 11.1 Å². The van der Waals surface area contributed by atoms with Gasteiger partial charge in [-0.2, -0.15) is 8.42 Å². The van der Waals surface area contributed by atoms with Gasteiger partial charge >= 0.3 is 5.97 Å². The third kappa shape index (κ3) is 9.63. The maximum Gasteiger partial charge on any atom is 0.333 e. The maximum absolute atomic E-state index is 12.0. The van der Waals surface area contributed by atoms with E-state index in [4.69, 9.17) is 19.8 Å². The van der Waals surface area contributed by atoms with Crippen molar-refractivity contribution in [1.29, 1.82) is 0 Å². The van der Waals surface area contributed by atoms with Gasteiger partial charge in [0.2, 0.25) is 5.91 Å². The topological polar surface area (TPSA) is 145 Å². The lowest BCUT2D eigenvalue weighted by atomic mass is 9.88. The predicted molar refractivity (Wildman–Crippen MR) is 125 cm³/mol. The molecule has 3 atom stereocenters. The highest BCUT2D eigenvalue weighted by Crippen LogP contribution is 2.24. The van der Waals surface area contributed by atoms with Gasteiger partial charge in [0.05, 0.1) is 29.8 Å². The van der Waals surface area contributed by atoms with Crippen molar-refractivity contribution in [1.82, 2.24) is 5.32 Å². The van der Waals surface area contributed by atoms with Crippen LogP contribution in [-0.4, -0.2) is 55.7 Å². The van der Waals surface area contributed by atoms with E-state index in [1.54, 1.807) is 25.1 Å². The molecule has 1 amide bonds. The third-order valence-corrected chi connectivity index (χ3v) is 5.99. The van der Waals surface area contributed by atoms with Crippen LogP contribution in [0.25, 0.3) is 0 Å². The monoisotopic (exact) mass is 484 g/mol. The zero-order chi connectivity index (χ0) is 25.2. The Bertz CT molecular complexity index is 909. The first-order valence-corrected chi connectivity index (χ1v) is 12.5. The Hall–Kier alpha value is -2.27. The second-order valence-corrected chi connectivity index (χ2v) is 9.26. The molecule has 0 saturated carbocycles. The van der Waals surface area contributed by atoms with Gasteiger partial charge in [-0.3, -0.25) is 9.35 Å². The molecule has 0 aliphatic heterocycles. The standard InChI is InChI=1S/C16H28N2O4.C7H8O3S/c1-5-12(6-2)22-14-9-11(16(20)21-7-3)8-13(17)15(14)18-10(4)19;1-6-2-4-7(5-3-6)11(8,9)10/h9,12-15H,5-8,17H2,1-4H3,(H,18,19);2-5H,1H3,(H,8,9,10)/t13-,14+,15+;/m0./s1. The predicted octanol–water partition coefficient (Wildman–Crippen LogP) is 2.53. The maximum atomic E-state index is 12.0. The number of nitrogens with two attached hydrogens (primary N) is 1. The number of amides is 1. The lowest BCUT2D eigenvalue weighted by molar-refractivity contribution is -0.139. The number of nitrogens with one attached hydrogen (secondary N) is 1. The van der Waals surface area contributed by atoms with Crippen LogP contribution in [0, 0.1) is 6.92 Å². The Labute approximate surface area is 196 Å². The van der Waals surface area contributed by atoms with Crippen LogP contribution in [0.3, 0.4) is 0 Å². The first kappa shape index (κ1) is 28.8. The van der Waals surface area contributed by atoms with E-state index < -0.39 is 16.2 Å². The molecule has 9 nitrogen and oxygen atoms in total. The summed E-state index contributed by atoms with van der Waals surface area (Å²) < 4.78 is 40.7. The number of carbonyl (C=O) groups excluding carboxylic acids is 2. The normalized spacial score (nSPS) is 20.4. The van der Waals surface area contributed by atoms with E-state index in [0.717, 1.165) is 18.4 Å². The third-order valence-electron chi connectivity index (χ3n) is 5.12. The van der Waals surface area contributed by atoms with Crippen LogP contribution in [-0.2, 0) is 29.2 Å². The SMILES string of the molecule is CCOC(=O)C1=C[C@@H](OC(CC)CC)[C@H](NC(C)=O)[C@@H](N)C1.Cc1ccc(S(=O)(=O)O)cc1. The molecule has 0 spiro atoms. The highest BCUT2D eigenvalue weighted by atomic mass is 32.2. The summed E-state index contributed by atoms with van der Waals surface area (Å²) in [4.78, 5) is 23.3. The van der Waals surface area contributed by atoms with Gasteiger partial charge in [-0.05, 0) is 51.3 Å². The summed E-state index contributed by atoms with van der Waals surface area (Å²) in [6.45, 7) is 9.46. The van der Waals surface area contributed by atoms with Gasteiger partial charge < -0.3 is 20.5 Å². The lowest BCUT2D eigenvalue weighted by Crippen LogP contribution is -2.57. The van der Waals surface area contributed by atoms with Crippen molar-refractivity contribution in [3.05, 3.63) is 41.5 Å². The van der Waals surface area contributed by atoms with Gasteiger partial charge in [0, 0.05) is 18.5 Å². The Morgan fingerprint density at radius 3 is 2.21 bits per heavy atom. The molecule has 1 aromatic carbocycles. The number of aryl methyl sites for hydroxylation is 1. The minimum atomic E-state index is -4.02. The van der Waals surface area contributed by atoms with E-state index in [-0.39, 0.29) is 35.0 Å². The largest absolute Gasteiger partial charge is 0.463 e. The highest BCUT2D eigenvalue weighted by molar-refractivity contribution is 7.85. The van der Waals surface area contributed by atoms with E-state index >= 15 is 0 Å². The molecule has 186 valence electrons. The number of rotatable bonds is 8. The average molecular weight is 485 g/mol. The fraction of sp³-hybridized carbons (Fsp3) is 0.565. The zero-order valence-electron chi connectivity index (χ0n) is 19.9. The molecule has 4 N–H and O–H groups in total. The van der Waals surface area contributed by atoms with E-state index in [9.17, 15) is 18.0 Å². The Morgan fingerprint density at radius 2 is 1.76 bits per heavy atom. The molecule has 0 fully saturated rings. The Kier molecular flexibility index (Phi) is 11.7. The van der Waals surface area contributed by atoms with Crippen molar-refractivity contribution in [2.24, 2.45) is 5.73 Å². The number of benzene rings is 1. The molecule has 10 heteroatoms. The van der Waals surface area contributed by atoms with Crippen molar-refractivity contribution in [2.75, 3.05) is 6.61 Å². The first-order valence-electron chi connectivity index (χ1n) is 11.0. The van der Waals surface area contributed by atoms with Gasteiger partial charge in [0.25, 0.3) is 10.1 Å². The summed E-state index contributed by atoms with van der Waals surface area (Å²) in [5, 5.41) is 2.84. The van der Waals surface area contributed by atoms with Gasteiger partial charge in [-0.15, -0.1) is 0 Å². The fourth-order valence-electron chi connectivity index (χ4n) is 3.33. The zero-order valence-corrected chi connectivity index (χ0v) is 20.7. The number of carbonyl (C=O) groups is 2. The second kappa shape index (κ2) is 13.4. The van der Waals surface area contributed by atoms with Crippen LogP contribution in [0.15, 0.2) is 40.8 Å². The van der Waals surface area contributed by atoms with Crippen LogP contribution in [0.4, 0.5) is 0 Å². The molecule has 0 saturated heterocycles. The second-order valence-electron chi connectivity index (χ2n) is 7.83. The quantitative estimate of drug-likeness (QED) is 0.377. The molecule has 2 rings (SSSR count). The van der Waals surface area contributed by atoms with Gasteiger partial charge in [-0.1, -0.05) is 31.5 Å². The van der Waals surface area contributed by atoms with Crippen molar-refractivity contribution >= 4 is 22.0 Å². The molecule has 1 aromatic rings. The number of hydrogen-bond acceptors (Lipinski definition) is 7. The average Bonchev–Trinajstić information content (AvgIpc) is 2.74. The van der Waals surface area contributed by atoms with E-state index in [1.807, 2.05) is 20.8 Å². The van der Waals surface area contributed by atoms with Gasteiger partial charge in [0.15, 0.2) is 0 Å². The Balaban J connectivity index is 0.000000412. The summed E-state index contributed by atoms with van der Waals surface area (Å²) in [6.07, 6.45) is 3.48. The van der Waals surface area contributed by atoms with Crippen LogP contribution in [0.2, 0.25) is 0 Å². The minimum absolute atomic E-state index is 0.0613. The smallest absolute Gasteiger partial charge is 0.333 e. The summed E-state index contributed by atoms with van der Waals surface area (Å²) in [6, 6.07) is 5.27. The summed E-state index contributed by atoms with van der Waals surface area (Å²) in [7, 11) is -4.02. The van der Waals surface area contributed by atoms with Crippen LogP contribution >= 0.6 is 0 Å². The van der Waals surface area contributed by atoms with Crippen molar-refractivity contribution in [2.45, 2.75) is 83.1 Å². The fourth-order valence-corrected chi connectivity index (χ4v) is 3.81. The summed E-state index contributed by atoms with van der Waals surface area (Å²) in [5.41, 5.74) is 7.63. The lowest BCUT2D eigenvalue weighted by Gasteiger charge is -2.36. The molecular formula is C23H36N2O7S. The number of hydrogen-bond donors (Lipinski definition) is 3. The van der Waals surface area contributed by atoms with Crippen LogP contribution in [0.1, 0.15) is 52.5 Å². The molecule has 1 aliphatic carbocycles. The molecule has 0 bridgehead atoms. The van der Waals surface area contributed by atoms with E-state index in [2.05, 4.69) is 5.32 Å². The van der Waals surface area contributed by atoms with Gasteiger partial charge in [-0.25, -0.2) is 4.79 Å². The van der Waals surface area contributed by atoms with Crippen molar-refractivity contribution in [3.8, 4) is 0 Å². The molecule has 1 aliphatic rings. The Morgan fingerprint density at radius 1 is 1.18 bits per heavy atom. The van der Waals surface area contributed by atoms with E-state index in [1.165, 1.54) is 19.1 Å². The molecule has 0 radical (unpaired) electrons. The minimum Gasteiger partial charge on any atom is -0.463 e. The summed E-state index contributed by atoms with van der Waals surface area (Å²) in [5.74, 6) is -0.524. The van der Waals surface area contributed by atoms with Crippen molar-refractivity contribution in [3.63, 3.8) is 0 Å². The molecule has 0 unspecified atom stereocenters. The van der Waals surface area contributed by atoms with E-state index in [0.29, 0.717) is 18.6 Å². The molecule has 0 aromatic heterocycles. The molecular weight excluding hydrogens is 448 g/mol. The summed E-state index contributed by atoms with van der Waals surface area (Å²) >= 11 is 0. The van der Waals surface area contributed by atoms with Crippen LogP contribution in [0.5, 0.6) is 0 Å². The molecule has 0 heterocycles. The molecule has 33 heavy (non-hydrogen) atoms. The first-order chi connectivity index (χ1) is 15.4. The number of esters is 1.